The molecule has 0 aliphatic carbocycles. The van der Waals surface area contributed by atoms with E-state index in [2.05, 4.69) is 108 Å². The Morgan fingerprint density at radius 3 is 2.11 bits per heavy atom. The topological polar surface area (TPSA) is 35.0 Å². The second kappa shape index (κ2) is 7.74. The van der Waals surface area contributed by atoms with Crippen LogP contribution in [0.15, 0.2) is 121 Å². The number of hydrogen-bond donors (Lipinski definition) is 0. The molecule has 0 N–H and O–H groups in total. The number of fused-ring (bicyclic) bond motifs is 5. The minimum absolute atomic E-state index is 0.892. The standard InChI is InChI=1S/C34H20N2O/c1-4-23-5-2-8-30-32(23)28(7-1)27-17-15-26(20-31(27)37-30)21-9-11-22(12-10-21)29-18-16-25-14-13-24-6-3-19-35-33(24)34(25)36-29/h1-20H. The van der Waals surface area contributed by atoms with Crippen LogP contribution in [0.3, 0.4) is 0 Å². The van der Waals surface area contributed by atoms with E-state index < -0.39 is 0 Å². The molecule has 0 fully saturated rings. The minimum Gasteiger partial charge on any atom is -0.456 e. The smallest absolute Gasteiger partial charge is 0.135 e. The molecule has 172 valence electrons. The molecule has 0 saturated carbocycles. The van der Waals surface area contributed by atoms with Gasteiger partial charge in [0.25, 0.3) is 0 Å². The van der Waals surface area contributed by atoms with Crippen molar-refractivity contribution in [3.05, 3.63) is 121 Å². The lowest BCUT2D eigenvalue weighted by atomic mass is 9.93. The third kappa shape index (κ3) is 3.14. The van der Waals surface area contributed by atoms with E-state index in [0.29, 0.717) is 0 Å². The molecule has 2 aromatic heterocycles. The zero-order chi connectivity index (χ0) is 24.3. The van der Waals surface area contributed by atoms with Gasteiger partial charge in [0, 0.05) is 33.5 Å². The van der Waals surface area contributed by atoms with E-state index in [9.17, 15) is 0 Å². The van der Waals surface area contributed by atoms with Crippen LogP contribution in [0.25, 0.3) is 66.1 Å². The lowest BCUT2D eigenvalue weighted by molar-refractivity contribution is 0.487. The molecule has 3 nitrogen and oxygen atoms in total. The molecule has 0 bridgehead atoms. The summed E-state index contributed by atoms with van der Waals surface area (Å²) in [7, 11) is 0. The fourth-order valence-corrected chi connectivity index (χ4v) is 5.46. The Morgan fingerprint density at radius 1 is 0.486 bits per heavy atom. The molecule has 3 heterocycles. The molecule has 37 heavy (non-hydrogen) atoms. The summed E-state index contributed by atoms with van der Waals surface area (Å²) in [5.74, 6) is 1.81. The van der Waals surface area contributed by atoms with Crippen LogP contribution >= 0.6 is 0 Å². The van der Waals surface area contributed by atoms with Crippen molar-refractivity contribution in [2.45, 2.75) is 0 Å². The van der Waals surface area contributed by atoms with Crippen LogP contribution in [-0.4, -0.2) is 9.97 Å². The van der Waals surface area contributed by atoms with Gasteiger partial charge in [0.2, 0.25) is 0 Å². The first-order valence-electron chi connectivity index (χ1n) is 12.4. The number of hydrogen-bond acceptors (Lipinski definition) is 3. The van der Waals surface area contributed by atoms with Gasteiger partial charge in [-0.1, -0.05) is 84.9 Å². The van der Waals surface area contributed by atoms with Crippen molar-refractivity contribution < 1.29 is 4.74 Å². The molecule has 5 aromatic carbocycles. The molecule has 7 aromatic rings. The predicted octanol–water partition coefficient (Wildman–Crippen LogP) is 9.04. The first-order valence-corrected chi connectivity index (χ1v) is 12.4. The maximum absolute atomic E-state index is 6.36. The normalized spacial score (nSPS) is 12.0. The quantitative estimate of drug-likeness (QED) is 0.235. The van der Waals surface area contributed by atoms with Crippen LogP contribution in [0.4, 0.5) is 0 Å². The number of pyridine rings is 2. The van der Waals surface area contributed by atoms with E-state index in [-0.39, 0.29) is 0 Å². The van der Waals surface area contributed by atoms with E-state index in [0.717, 1.165) is 61.3 Å². The first kappa shape index (κ1) is 20.2. The molecule has 1 aliphatic rings. The summed E-state index contributed by atoms with van der Waals surface area (Å²) in [6.45, 7) is 0. The molecule has 1 aliphatic heterocycles. The van der Waals surface area contributed by atoms with E-state index in [1.807, 2.05) is 18.3 Å². The molecule has 0 saturated heterocycles. The summed E-state index contributed by atoms with van der Waals surface area (Å²) in [6.07, 6.45) is 1.83. The van der Waals surface area contributed by atoms with E-state index in [1.165, 1.54) is 16.3 Å². The van der Waals surface area contributed by atoms with Gasteiger partial charge in [-0.15, -0.1) is 0 Å². The second-order valence-electron chi connectivity index (χ2n) is 9.46. The molecule has 0 unspecified atom stereocenters. The molecule has 0 spiro atoms. The lowest BCUT2D eigenvalue weighted by Gasteiger charge is -2.22. The van der Waals surface area contributed by atoms with E-state index in [4.69, 9.17) is 9.72 Å². The van der Waals surface area contributed by atoms with Gasteiger partial charge in [0.1, 0.15) is 11.5 Å². The van der Waals surface area contributed by atoms with Gasteiger partial charge in [0.15, 0.2) is 0 Å². The Labute approximate surface area is 213 Å². The van der Waals surface area contributed by atoms with Crippen LogP contribution < -0.4 is 4.74 Å². The first-order chi connectivity index (χ1) is 18.3. The largest absolute Gasteiger partial charge is 0.456 e. The molecule has 3 heteroatoms. The van der Waals surface area contributed by atoms with Crippen molar-refractivity contribution >= 4 is 32.6 Å². The van der Waals surface area contributed by atoms with Crippen LogP contribution in [-0.2, 0) is 0 Å². The third-order valence-electron chi connectivity index (χ3n) is 7.30. The number of benzene rings is 5. The van der Waals surface area contributed by atoms with Gasteiger partial charge in [0.05, 0.1) is 16.7 Å². The van der Waals surface area contributed by atoms with Crippen LogP contribution in [0.2, 0.25) is 0 Å². The van der Waals surface area contributed by atoms with Crippen molar-refractivity contribution in [2.24, 2.45) is 0 Å². The number of nitrogens with zero attached hydrogens (tertiary/aromatic N) is 2. The second-order valence-corrected chi connectivity index (χ2v) is 9.46. The van der Waals surface area contributed by atoms with E-state index >= 15 is 0 Å². The van der Waals surface area contributed by atoms with Crippen LogP contribution in [0, 0.1) is 0 Å². The molecule has 0 amide bonds. The van der Waals surface area contributed by atoms with E-state index in [1.54, 1.807) is 0 Å². The van der Waals surface area contributed by atoms with Gasteiger partial charge in [-0.2, -0.15) is 0 Å². The van der Waals surface area contributed by atoms with Crippen molar-refractivity contribution in [1.29, 1.82) is 0 Å². The Bertz CT molecular complexity index is 2000. The van der Waals surface area contributed by atoms with Gasteiger partial charge < -0.3 is 4.74 Å². The molecular formula is C34H20N2O. The maximum Gasteiger partial charge on any atom is 0.135 e. The van der Waals surface area contributed by atoms with Gasteiger partial charge in [-0.3, -0.25) is 4.98 Å². The summed E-state index contributed by atoms with van der Waals surface area (Å²) < 4.78 is 6.36. The van der Waals surface area contributed by atoms with Crippen molar-refractivity contribution in [3.8, 4) is 45.0 Å². The highest BCUT2D eigenvalue weighted by Crippen LogP contribution is 2.47. The van der Waals surface area contributed by atoms with Crippen molar-refractivity contribution in [1.82, 2.24) is 9.97 Å². The van der Waals surface area contributed by atoms with Crippen LogP contribution in [0.1, 0.15) is 0 Å². The number of rotatable bonds is 2. The Balaban J connectivity index is 1.17. The Kier molecular flexibility index (Phi) is 4.23. The monoisotopic (exact) mass is 472 g/mol. The van der Waals surface area contributed by atoms with Gasteiger partial charge in [-0.25, -0.2) is 4.98 Å². The fourth-order valence-electron chi connectivity index (χ4n) is 5.46. The molecule has 0 atom stereocenters. The van der Waals surface area contributed by atoms with Crippen molar-refractivity contribution in [3.63, 3.8) is 0 Å². The van der Waals surface area contributed by atoms with Crippen molar-refractivity contribution in [2.75, 3.05) is 0 Å². The zero-order valence-corrected chi connectivity index (χ0v) is 19.8. The lowest BCUT2D eigenvalue weighted by Crippen LogP contribution is -1.97. The summed E-state index contributed by atoms with van der Waals surface area (Å²) in [5.41, 5.74) is 8.50. The Morgan fingerprint density at radius 2 is 1.22 bits per heavy atom. The number of aromatic nitrogens is 2. The summed E-state index contributed by atoms with van der Waals surface area (Å²) >= 11 is 0. The minimum atomic E-state index is 0.892. The maximum atomic E-state index is 6.36. The molecule has 8 rings (SSSR count). The highest BCUT2D eigenvalue weighted by Gasteiger charge is 2.20. The SMILES string of the molecule is c1cc2c3c(cccc3c1)-c1ccc(-c3ccc(-c4ccc5ccc6cccnc6c5n4)cc3)cc1O2. The average molecular weight is 473 g/mol. The highest BCUT2D eigenvalue weighted by atomic mass is 16.5. The van der Waals surface area contributed by atoms with Gasteiger partial charge in [-0.05, 0) is 52.4 Å². The van der Waals surface area contributed by atoms with Crippen LogP contribution in [0.5, 0.6) is 11.5 Å². The number of ether oxygens (including phenoxy) is 1. The molecule has 0 radical (unpaired) electrons. The highest BCUT2D eigenvalue weighted by molar-refractivity contribution is 6.05. The molecular weight excluding hydrogens is 452 g/mol. The zero-order valence-electron chi connectivity index (χ0n) is 19.8. The summed E-state index contributed by atoms with van der Waals surface area (Å²) in [4.78, 5) is 9.58. The fraction of sp³-hybridized carbons (Fsp3) is 0. The average Bonchev–Trinajstić information content (AvgIpc) is 2.97. The third-order valence-corrected chi connectivity index (χ3v) is 7.30. The Hall–Kier alpha value is -5.02. The van der Waals surface area contributed by atoms with Gasteiger partial charge >= 0.3 is 0 Å². The summed E-state index contributed by atoms with van der Waals surface area (Å²) in [5, 5.41) is 4.58. The summed E-state index contributed by atoms with van der Waals surface area (Å²) in [6, 6.07) is 40.2. The predicted molar refractivity (Wildman–Crippen MR) is 151 cm³/mol.